The maximum absolute atomic E-state index is 5.18. The van der Waals surface area contributed by atoms with E-state index in [1.54, 1.807) is 6.26 Å². The van der Waals surface area contributed by atoms with Crippen molar-refractivity contribution in [1.29, 1.82) is 0 Å². The van der Waals surface area contributed by atoms with Gasteiger partial charge in [0.2, 0.25) is 0 Å². The van der Waals surface area contributed by atoms with Gasteiger partial charge >= 0.3 is 0 Å². The summed E-state index contributed by atoms with van der Waals surface area (Å²) in [4.78, 5) is 0. The van der Waals surface area contributed by atoms with Gasteiger partial charge in [0.25, 0.3) is 0 Å². The van der Waals surface area contributed by atoms with E-state index in [-0.39, 0.29) is 0 Å². The van der Waals surface area contributed by atoms with E-state index in [0.717, 1.165) is 25.9 Å². The second-order valence-electron chi connectivity index (χ2n) is 2.71. The number of allylic oxidation sites excluding steroid dienone is 1. The van der Waals surface area contributed by atoms with Gasteiger partial charge in [-0.05, 0) is 18.9 Å². The molecular formula is C10H20O2. The average Bonchev–Trinajstić information content (AvgIpc) is 2.10. The second kappa shape index (κ2) is 10.5. The molecule has 0 saturated heterocycles. The molecule has 2 nitrogen and oxygen atoms in total. The molecule has 0 aliphatic carbocycles. The molecule has 0 amide bonds. The van der Waals surface area contributed by atoms with Crippen LogP contribution >= 0.6 is 0 Å². The minimum atomic E-state index is 0.389. The van der Waals surface area contributed by atoms with E-state index in [1.807, 2.05) is 6.08 Å². The van der Waals surface area contributed by atoms with Crippen LogP contribution in [-0.2, 0) is 9.47 Å². The molecule has 2 heteroatoms. The SMILES string of the molecule is CCCC=COCOCCCC. The van der Waals surface area contributed by atoms with Crippen LogP contribution in [0, 0.1) is 0 Å². The molecule has 0 saturated carbocycles. The Balaban J connectivity index is 2.90. The van der Waals surface area contributed by atoms with Gasteiger partial charge in [0.05, 0.1) is 12.9 Å². The van der Waals surface area contributed by atoms with Gasteiger partial charge in [0.1, 0.15) is 0 Å². The zero-order valence-electron chi connectivity index (χ0n) is 8.21. The van der Waals surface area contributed by atoms with Crippen molar-refractivity contribution in [2.45, 2.75) is 39.5 Å². The van der Waals surface area contributed by atoms with Crippen LogP contribution in [0.25, 0.3) is 0 Å². The highest BCUT2D eigenvalue weighted by Crippen LogP contribution is 1.91. The van der Waals surface area contributed by atoms with E-state index in [4.69, 9.17) is 9.47 Å². The third kappa shape index (κ3) is 9.50. The minimum Gasteiger partial charge on any atom is -0.475 e. The van der Waals surface area contributed by atoms with Crippen LogP contribution in [-0.4, -0.2) is 13.4 Å². The van der Waals surface area contributed by atoms with Crippen LogP contribution < -0.4 is 0 Å². The Morgan fingerprint density at radius 2 is 2.00 bits per heavy atom. The summed E-state index contributed by atoms with van der Waals surface area (Å²) in [5.74, 6) is 0. The van der Waals surface area contributed by atoms with Crippen molar-refractivity contribution in [2.24, 2.45) is 0 Å². The molecule has 72 valence electrons. The first-order chi connectivity index (χ1) is 5.91. The smallest absolute Gasteiger partial charge is 0.188 e. The average molecular weight is 172 g/mol. The molecule has 0 radical (unpaired) electrons. The highest BCUT2D eigenvalue weighted by Gasteiger charge is 1.83. The lowest BCUT2D eigenvalue weighted by atomic mass is 10.3. The zero-order chi connectivity index (χ0) is 9.07. The Kier molecular flexibility index (Phi) is 10.1. The molecule has 0 aromatic rings. The normalized spacial score (nSPS) is 10.8. The summed E-state index contributed by atoms with van der Waals surface area (Å²) in [5.41, 5.74) is 0. The Morgan fingerprint density at radius 1 is 1.17 bits per heavy atom. The van der Waals surface area contributed by atoms with Gasteiger partial charge in [-0.15, -0.1) is 0 Å². The van der Waals surface area contributed by atoms with E-state index in [2.05, 4.69) is 13.8 Å². The first-order valence-corrected chi connectivity index (χ1v) is 4.76. The molecule has 0 spiro atoms. The lowest BCUT2D eigenvalue weighted by Crippen LogP contribution is -1.97. The summed E-state index contributed by atoms with van der Waals surface area (Å²) in [6, 6.07) is 0. The van der Waals surface area contributed by atoms with Crippen LogP contribution in [0.3, 0.4) is 0 Å². The summed E-state index contributed by atoms with van der Waals surface area (Å²) < 4.78 is 10.3. The summed E-state index contributed by atoms with van der Waals surface area (Å²) in [6.45, 7) is 5.48. The van der Waals surface area contributed by atoms with E-state index in [0.29, 0.717) is 6.79 Å². The number of ether oxygens (including phenoxy) is 2. The third-order valence-corrected chi connectivity index (χ3v) is 1.44. The van der Waals surface area contributed by atoms with Crippen molar-refractivity contribution >= 4 is 0 Å². The molecule has 0 aliphatic heterocycles. The third-order valence-electron chi connectivity index (χ3n) is 1.44. The molecule has 0 N–H and O–H groups in total. The van der Waals surface area contributed by atoms with Crippen LogP contribution in [0.1, 0.15) is 39.5 Å². The van der Waals surface area contributed by atoms with Gasteiger partial charge in [-0.25, -0.2) is 0 Å². The fraction of sp³-hybridized carbons (Fsp3) is 0.800. The van der Waals surface area contributed by atoms with Gasteiger partial charge in [-0.3, -0.25) is 0 Å². The number of hydrogen-bond donors (Lipinski definition) is 0. The van der Waals surface area contributed by atoms with Crippen molar-refractivity contribution in [3.05, 3.63) is 12.3 Å². The maximum Gasteiger partial charge on any atom is 0.188 e. The molecule has 0 unspecified atom stereocenters. The molecule has 0 aromatic carbocycles. The van der Waals surface area contributed by atoms with E-state index in [9.17, 15) is 0 Å². The first-order valence-electron chi connectivity index (χ1n) is 4.76. The number of unbranched alkanes of at least 4 members (excludes halogenated alkanes) is 2. The lowest BCUT2D eigenvalue weighted by Gasteiger charge is -2.01. The predicted molar refractivity (Wildman–Crippen MR) is 50.9 cm³/mol. The van der Waals surface area contributed by atoms with E-state index in [1.165, 1.54) is 6.42 Å². The molecule has 0 aromatic heterocycles. The quantitative estimate of drug-likeness (QED) is 0.318. The number of rotatable bonds is 8. The van der Waals surface area contributed by atoms with Crippen LogP contribution in [0.15, 0.2) is 12.3 Å². The molecule has 0 rings (SSSR count). The largest absolute Gasteiger partial charge is 0.475 e. The molecule has 0 atom stereocenters. The van der Waals surface area contributed by atoms with E-state index < -0.39 is 0 Å². The van der Waals surface area contributed by atoms with Gasteiger partial charge in [-0.2, -0.15) is 0 Å². The van der Waals surface area contributed by atoms with Gasteiger partial charge in [0, 0.05) is 0 Å². The Bertz CT molecular complexity index is 100. The monoisotopic (exact) mass is 172 g/mol. The van der Waals surface area contributed by atoms with Crippen LogP contribution in [0.5, 0.6) is 0 Å². The fourth-order valence-corrected chi connectivity index (χ4v) is 0.695. The van der Waals surface area contributed by atoms with Gasteiger partial charge < -0.3 is 9.47 Å². The highest BCUT2D eigenvalue weighted by atomic mass is 16.7. The summed E-state index contributed by atoms with van der Waals surface area (Å²) in [6.07, 6.45) is 8.26. The standard InChI is InChI=1S/C10H20O2/c1-3-5-7-9-12-10-11-8-6-4-2/h7,9H,3-6,8,10H2,1-2H3. The highest BCUT2D eigenvalue weighted by molar-refractivity contribution is 4.71. The summed E-state index contributed by atoms with van der Waals surface area (Å²) in [7, 11) is 0. The number of hydrogen-bond acceptors (Lipinski definition) is 2. The molecular weight excluding hydrogens is 152 g/mol. The molecule has 0 aliphatic rings. The van der Waals surface area contributed by atoms with Gasteiger partial charge in [-0.1, -0.05) is 26.7 Å². The molecule has 0 fully saturated rings. The topological polar surface area (TPSA) is 18.5 Å². The Labute approximate surface area is 75.6 Å². The van der Waals surface area contributed by atoms with Crippen molar-refractivity contribution in [3.8, 4) is 0 Å². The maximum atomic E-state index is 5.18. The summed E-state index contributed by atoms with van der Waals surface area (Å²) >= 11 is 0. The van der Waals surface area contributed by atoms with E-state index >= 15 is 0 Å². The van der Waals surface area contributed by atoms with Crippen molar-refractivity contribution in [2.75, 3.05) is 13.4 Å². The van der Waals surface area contributed by atoms with Crippen LogP contribution in [0.2, 0.25) is 0 Å². The van der Waals surface area contributed by atoms with Crippen LogP contribution in [0.4, 0.5) is 0 Å². The van der Waals surface area contributed by atoms with Gasteiger partial charge in [0.15, 0.2) is 6.79 Å². The fourth-order valence-electron chi connectivity index (χ4n) is 0.695. The van der Waals surface area contributed by atoms with Crippen molar-refractivity contribution < 1.29 is 9.47 Å². The Hall–Kier alpha value is -0.500. The lowest BCUT2D eigenvalue weighted by molar-refractivity contribution is -0.0124. The predicted octanol–water partition coefficient (Wildman–Crippen LogP) is 3.09. The molecule has 12 heavy (non-hydrogen) atoms. The molecule has 0 heterocycles. The zero-order valence-corrected chi connectivity index (χ0v) is 8.21. The summed E-state index contributed by atoms with van der Waals surface area (Å²) in [5, 5.41) is 0. The minimum absolute atomic E-state index is 0.389. The van der Waals surface area contributed by atoms with Crippen molar-refractivity contribution in [1.82, 2.24) is 0 Å². The van der Waals surface area contributed by atoms with Crippen molar-refractivity contribution in [3.63, 3.8) is 0 Å². The molecule has 0 bridgehead atoms. The Morgan fingerprint density at radius 3 is 2.67 bits per heavy atom. The first kappa shape index (κ1) is 11.5. The second-order valence-corrected chi connectivity index (χ2v) is 2.71.